The van der Waals surface area contributed by atoms with Gasteiger partial charge in [0.15, 0.2) is 10.3 Å². The van der Waals surface area contributed by atoms with E-state index in [0.29, 0.717) is 0 Å². The van der Waals surface area contributed by atoms with Crippen LogP contribution in [0.2, 0.25) is 0 Å². The van der Waals surface area contributed by atoms with Gasteiger partial charge >= 0.3 is 12.2 Å². The van der Waals surface area contributed by atoms with Crippen molar-refractivity contribution in [2.24, 2.45) is 0 Å². The maximum atomic E-state index is 13.3. The summed E-state index contributed by atoms with van der Waals surface area (Å²) in [5, 5.41) is 0. The van der Waals surface area contributed by atoms with E-state index in [1.54, 1.807) is 0 Å². The fraction of sp³-hybridized carbons (Fsp3) is 0.0556. The van der Waals surface area contributed by atoms with Gasteiger partial charge in [0, 0.05) is 0 Å². The highest BCUT2D eigenvalue weighted by molar-refractivity contribution is 7.16. The van der Waals surface area contributed by atoms with E-state index < -0.39 is 23.1 Å². The summed E-state index contributed by atoms with van der Waals surface area (Å²) in [5.74, 6) is -0.665. The highest BCUT2D eigenvalue weighted by Crippen LogP contribution is 2.33. The maximum Gasteiger partial charge on any atom is 0.416 e. The summed E-state index contributed by atoms with van der Waals surface area (Å²) in [6.07, 6.45) is -4.55. The minimum absolute atomic E-state index is 0.0747. The van der Waals surface area contributed by atoms with Crippen molar-refractivity contribution >= 4 is 21.7 Å². The highest BCUT2D eigenvalue weighted by atomic mass is 32.1. The zero-order valence-corrected chi connectivity index (χ0v) is 14.6. The average molecular weight is 407 g/mol. The second kappa shape index (κ2) is 6.71. The molecule has 4 aromatic rings. The number of fused-ring (bicyclic) bond motifs is 1. The largest absolute Gasteiger partial charge is 0.425 e. The molecule has 0 saturated carbocycles. The van der Waals surface area contributed by atoms with Gasteiger partial charge in [0.1, 0.15) is 11.6 Å². The van der Waals surface area contributed by atoms with Gasteiger partial charge in [-0.1, -0.05) is 6.07 Å². The standard InChI is InChI=1S/C18H9F4N3O2S/c19-11-4-6-12(7-5-11)25-16(26)14-15(28-9-23-14)24-17(25)27-13-3-1-2-10(8-13)18(20,21)22/h1-9H. The number of ether oxygens (including phenoxy) is 1. The Morgan fingerprint density at radius 1 is 1.07 bits per heavy atom. The number of hydrogen-bond acceptors (Lipinski definition) is 5. The van der Waals surface area contributed by atoms with Gasteiger partial charge in [-0.2, -0.15) is 18.2 Å². The van der Waals surface area contributed by atoms with Crippen LogP contribution >= 0.6 is 11.3 Å². The predicted molar refractivity (Wildman–Crippen MR) is 94.5 cm³/mol. The van der Waals surface area contributed by atoms with Crippen molar-refractivity contribution in [3.05, 3.63) is 75.8 Å². The van der Waals surface area contributed by atoms with Crippen LogP contribution in [0.5, 0.6) is 11.8 Å². The van der Waals surface area contributed by atoms with Crippen molar-refractivity contribution in [2.75, 3.05) is 0 Å². The van der Waals surface area contributed by atoms with E-state index in [-0.39, 0.29) is 27.8 Å². The minimum atomic E-state index is -4.55. The summed E-state index contributed by atoms with van der Waals surface area (Å²) >= 11 is 1.08. The molecule has 0 fully saturated rings. The predicted octanol–water partition coefficient (Wildman–Crippen LogP) is 4.79. The number of alkyl halides is 3. The SMILES string of the molecule is O=c1c2ncsc2nc(Oc2cccc(C(F)(F)F)c2)n1-c1ccc(F)cc1. The fourth-order valence-electron chi connectivity index (χ4n) is 2.52. The van der Waals surface area contributed by atoms with Crippen LogP contribution in [-0.4, -0.2) is 14.5 Å². The lowest BCUT2D eigenvalue weighted by molar-refractivity contribution is -0.137. The van der Waals surface area contributed by atoms with Gasteiger partial charge in [-0.3, -0.25) is 4.79 Å². The van der Waals surface area contributed by atoms with Gasteiger partial charge in [0.25, 0.3) is 5.56 Å². The first kappa shape index (κ1) is 18.1. The quantitative estimate of drug-likeness (QED) is 0.458. The third-order valence-corrected chi connectivity index (χ3v) is 4.52. The molecule has 0 amide bonds. The highest BCUT2D eigenvalue weighted by Gasteiger charge is 2.30. The number of thiazole rings is 1. The molecule has 142 valence electrons. The Morgan fingerprint density at radius 2 is 1.82 bits per heavy atom. The van der Waals surface area contributed by atoms with E-state index in [0.717, 1.165) is 40.2 Å². The molecule has 0 unspecified atom stereocenters. The molecule has 2 aromatic carbocycles. The van der Waals surface area contributed by atoms with Crippen LogP contribution in [0.15, 0.2) is 58.8 Å². The Morgan fingerprint density at radius 3 is 2.54 bits per heavy atom. The molecule has 0 radical (unpaired) electrons. The number of halogens is 4. The van der Waals surface area contributed by atoms with E-state index in [2.05, 4.69) is 9.97 Å². The zero-order valence-electron chi connectivity index (χ0n) is 13.8. The van der Waals surface area contributed by atoms with Crippen molar-refractivity contribution in [1.82, 2.24) is 14.5 Å². The van der Waals surface area contributed by atoms with Crippen LogP contribution in [0.3, 0.4) is 0 Å². The zero-order chi connectivity index (χ0) is 19.9. The van der Waals surface area contributed by atoms with Crippen molar-refractivity contribution in [1.29, 1.82) is 0 Å². The van der Waals surface area contributed by atoms with Crippen LogP contribution < -0.4 is 10.3 Å². The molecular weight excluding hydrogens is 398 g/mol. The van der Waals surface area contributed by atoms with Crippen LogP contribution in [0.25, 0.3) is 16.0 Å². The van der Waals surface area contributed by atoms with Gasteiger partial charge in [-0.25, -0.2) is 13.9 Å². The van der Waals surface area contributed by atoms with Crippen LogP contribution in [0.4, 0.5) is 17.6 Å². The Hall–Kier alpha value is -3.27. The molecule has 5 nitrogen and oxygen atoms in total. The normalized spacial score (nSPS) is 11.7. The minimum Gasteiger partial charge on any atom is -0.425 e. The topological polar surface area (TPSA) is 57.0 Å². The summed E-state index contributed by atoms with van der Waals surface area (Å²) in [6.45, 7) is 0. The molecule has 0 atom stereocenters. The molecule has 4 rings (SSSR count). The van der Waals surface area contributed by atoms with E-state index in [1.807, 2.05) is 0 Å². The lowest BCUT2D eigenvalue weighted by atomic mass is 10.2. The molecule has 0 bridgehead atoms. The molecule has 0 aliphatic heterocycles. The molecule has 0 aliphatic rings. The molecule has 10 heteroatoms. The van der Waals surface area contributed by atoms with Crippen LogP contribution in [0.1, 0.15) is 5.56 Å². The Labute approximate surface area is 158 Å². The number of aromatic nitrogens is 3. The Bertz CT molecular complexity index is 1220. The second-order valence-corrected chi connectivity index (χ2v) is 6.48. The molecule has 2 aromatic heterocycles. The summed E-state index contributed by atoms with van der Waals surface area (Å²) in [6, 6.07) is 8.88. The molecular formula is C18H9F4N3O2S. The van der Waals surface area contributed by atoms with E-state index in [9.17, 15) is 22.4 Å². The number of rotatable bonds is 3. The summed E-state index contributed by atoms with van der Waals surface area (Å²) in [5.41, 5.74) is 0.239. The number of benzene rings is 2. The molecule has 28 heavy (non-hydrogen) atoms. The van der Waals surface area contributed by atoms with E-state index in [1.165, 1.54) is 29.8 Å². The summed E-state index contributed by atoms with van der Waals surface area (Å²) in [4.78, 5) is 21.3. The second-order valence-electron chi connectivity index (χ2n) is 5.65. The smallest absolute Gasteiger partial charge is 0.416 e. The van der Waals surface area contributed by atoms with E-state index in [4.69, 9.17) is 4.74 Å². The van der Waals surface area contributed by atoms with Crippen molar-refractivity contribution in [2.45, 2.75) is 6.18 Å². The lowest BCUT2D eigenvalue weighted by Gasteiger charge is -2.13. The van der Waals surface area contributed by atoms with Gasteiger partial charge in [0.2, 0.25) is 0 Å². The van der Waals surface area contributed by atoms with Crippen molar-refractivity contribution < 1.29 is 22.3 Å². The lowest BCUT2D eigenvalue weighted by Crippen LogP contribution is -2.21. The molecule has 2 heterocycles. The Balaban J connectivity index is 1.88. The summed E-state index contributed by atoms with van der Waals surface area (Å²) < 4.78 is 58.7. The van der Waals surface area contributed by atoms with Gasteiger partial charge in [-0.05, 0) is 42.5 Å². The first-order valence-corrected chi connectivity index (χ1v) is 8.68. The van der Waals surface area contributed by atoms with Gasteiger partial charge < -0.3 is 4.74 Å². The average Bonchev–Trinajstić information content (AvgIpc) is 3.12. The van der Waals surface area contributed by atoms with Crippen molar-refractivity contribution in [3.8, 4) is 17.4 Å². The van der Waals surface area contributed by atoms with E-state index >= 15 is 0 Å². The number of hydrogen-bond donors (Lipinski definition) is 0. The molecule has 0 spiro atoms. The third-order valence-electron chi connectivity index (χ3n) is 3.80. The molecule has 0 aliphatic carbocycles. The first-order valence-electron chi connectivity index (χ1n) is 7.80. The number of nitrogens with zero attached hydrogens (tertiary/aromatic N) is 3. The Kier molecular flexibility index (Phi) is 4.34. The van der Waals surface area contributed by atoms with Crippen LogP contribution in [-0.2, 0) is 6.18 Å². The molecule has 0 N–H and O–H groups in total. The van der Waals surface area contributed by atoms with Crippen molar-refractivity contribution in [3.63, 3.8) is 0 Å². The summed E-state index contributed by atoms with van der Waals surface area (Å²) in [7, 11) is 0. The van der Waals surface area contributed by atoms with Gasteiger partial charge in [-0.15, -0.1) is 11.3 Å². The monoisotopic (exact) mass is 407 g/mol. The third kappa shape index (κ3) is 3.33. The molecule has 0 saturated heterocycles. The fourth-order valence-corrected chi connectivity index (χ4v) is 3.16. The maximum absolute atomic E-state index is 13.3. The van der Waals surface area contributed by atoms with Crippen LogP contribution in [0, 0.1) is 5.82 Å². The van der Waals surface area contributed by atoms with Gasteiger partial charge in [0.05, 0.1) is 16.8 Å². The first-order chi connectivity index (χ1) is 13.3.